The van der Waals surface area contributed by atoms with Crippen LogP contribution in [0.5, 0.6) is 11.6 Å². The highest BCUT2D eigenvalue weighted by Gasteiger charge is 2.15. The molecule has 18 heavy (non-hydrogen) atoms. The molecule has 0 atom stereocenters. The Hall–Kier alpha value is -1.97. The quantitative estimate of drug-likeness (QED) is 0.905. The minimum atomic E-state index is 0.303. The summed E-state index contributed by atoms with van der Waals surface area (Å²) in [5.74, 6) is 1.09. The van der Waals surface area contributed by atoms with Crippen LogP contribution < -0.4 is 4.74 Å². The maximum Gasteiger partial charge on any atom is 0.215 e. The van der Waals surface area contributed by atoms with Gasteiger partial charge < -0.3 is 9.84 Å². The van der Waals surface area contributed by atoms with Crippen LogP contribution in [0, 0.1) is 13.8 Å². The minimum Gasteiger partial charge on any atom is -0.508 e. The summed E-state index contributed by atoms with van der Waals surface area (Å²) >= 11 is 0. The van der Waals surface area contributed by atoms with E-state index in [4.69, 9.17) is 4.74 Å². The van der Waals surface area contributed by atoms with E-state index in [0.29, 0.717) is 12.4 Å². The molecule has 0 radical (unpaired) electrons. The standard InChI is InChI=1S/C14H18N2O2/c1-5-18-14-10(3)13(15-16(14)4)11-6-7-12(17)9(2)8-11/h6-8,17H,5H2,1-4H3. The molecule has 0 spiro atoms. The molecule has 2 aromatic rings. The normalized spacial score (nSPS) is 10.7. The number of benzene rings is 1. The molecule has 1 aromatic heterocycles. The lowest BCUT2D eigenvalue weighted by Gasteiger charge is -2.04. The molecular weight excluding hydrogens is 228 g/mol. The van der Waals surface area contributed by atoms with Crippen LogP contribution in [0.4, 0.5) is 0 Å². The molecule has 1 aromatic carbocycles. The summed E-state index contributed by atoms with van der Waals surface area (Å²) in [5.41, 5.74) is 3.74. The van der Waals surface area contributed by atoms with Crippen molar-refractivity contribution >= 4 is 0 Å². The van der Waals surface area contributed by atoms with E-state index in [1.807, 2.05) is 40.0 Å². The highest BCUT2D eigenvalue weighted by Crippen LogP contribution is 2.31. The summed E-state index contributed by atoms with van der Waals surface area (Å²) in [5, 5.41) is 14.0. The molecule has 1 heterocycles. The van der Waals surface area contributed by atoms with Gasteiger partial charge in [-0.3, -0.25) is 0 Å². The van der Waals surface area contributed by atoms with Gasteiger partial charge in [-0.05, 0) is 44.5 Å². The smallest absolute Gasteiger partial charge is 0.215 e. The van der Waals surface area contributed by atoms with E-state index >= 15 is 0 Å². The Morgan fingerprint density at radius 3 is 2.67 bits per heavy atom. The summed E-state index contributed by atoms with van der Waals surface area (Å²) in [4.78, 5) is 0. The summed E-state index contributed by atoms with van der Waals surface area (Å²) < 4.78 is 7.32. The second kappa shape index (κ2) is 4.72. The first-order valence-corrected chi connectivity index (χ1v) is 6.01. The largest absolute Gasteiger partial charge is 0.508 e. The number of aromatic nitrogens is 2. The second-order valence-corrected chi connectivity index (χ2v) is 4.34. The Balaban J connectivity index is 2.50. The van der Waals surface area contributed by atoms with Gasteiger partial charge in [0, 0.05) is 18.2 Å². The highest BCUT2D eigenvalue weighted by atomic mass is 16.5. The molecule has 0 aliphatic carbocycles. The number of phenolic OH excluding ortho intramolecular Hbond substituents is 1. The third-order valence-corrected chi connectivity index (χ3v) is 2.97. The number of nitrogens with zero attached hydrogens (tertiary/aromatic N) is 2. The fourth-order valence-electron chi connectivity index (χ4n) is 2.03. The summed E-state index contributed by atoms with van der Waals surface area (Å²) in [6.45, 7) is 6.45. The lowest BCUT2D eigenvalue weighted by Crippen LogP contribution is -1.99. The van der Waals surface area contributed by atoms with Gasteiger partial charge in [-0.25, -0.2) is 4.68 Å². The van der Waals surface area contributed by atoms with Crippen molar-refractivity contribution in [2.45, 2.75) is 20.8 Å². The molecule has 0 unspecified atom stereocenters. The van der Waals surface area contributed by atoms with Crippen LogP contribution in [0.3, 0.4) is 0 Å². The molecule has 0 bridgehead atoms. The average molecular weight is 246 g/mol. The van der Waals surface area contributed by atoms with Crippen molar-refractivity contribution in [2.75, 3.05) is 6.61 Å². The molecule has 4 nitrogen and oxygen atoms in total. The van der Waals surface area contributed by atoms with Crippen molar-refractivity contribution in [3.8, 4) is 22.9 Å². The number of rotatable bonds is 3. The molecular formula is C14H18N2O2. The number of phenols is 1. The lowest BCUT2D eigenvalue weighted by molar-refractivity contribution is 0.307. The zero-order chi connectivity index (χ0) is 13.3. The molecule has 2 rings (SSSR count). The van der Waals surface area contributed by atoms with E-state index in [1.165, 1.54) is 0 Å². The first kappa shape index (κ1) is 12.5. The Morgan fingerprint density at radius 1 is 1.33 bits per heavy atom. The SMILES string of the molecule is CCOc1c(C)c(-c2ccc(O)c(C)c2)nn1C. The van der Waals surface area contributed by atoms with Gasteiger partial charge >= 0.3 is 0 Å². The molecule has 1 N–H and O–H groups in total. The van der Waals surface area contributed by atoms with E-state index in [9.17, 15) is 5.11 Å². The van der Waals surface area contributed by atoms with Gasteiger partial charge in [0.15, 0.2) is 0 Å². The van der Waals surface area contributed by atoms with Crippen molar-refractivity contribution in [2.24, 2.45) is 7.05 Å². The third-order valence-electron chi connectivity index (χ3n) is 2.97. The van der Waals surface area contributed by atoms with E-state index < -0.39 is 0 Å². The molecule has 4 heteroatoms. The van der Waals surface area contributed by atoms with E-state index in [-0.39, 0.29) is 0 Å². The third kappa shape index (κ3) is 2.06. The Morgan fingerprint density at radius 2 is 2.06 bits per heavy atom. The van der Waals surface area contributed by atoms with E-state index in [2.05, 4.69) is 5.10 Å². The number of hydrogen-bond donors (Lipinski definition) is 1. The summed E-state index contributed by atoms with van der Waals surface area (Å²) in [6.07, 6.45) is 0. The van der Waals surface area contributed by atoms with Crippen molar-refractivity contribution in [3.05, 3.63) is 29.3 Å². The van der Waals surface area contributed by atoms with Crippen molar-refractivity contribution in [1.29, 1.82) is 0 Å². The zero-order valence-corrected chi connectivity index (χ0v) is 11.2. The van der Waals surface area contributed by atoms with Gasteiger partial charge in [-0.1, -0.05) is 0 Å². The van der Waals surface area contributed by atoms with E-state index in [1.54, 1.807) is 10.7 Å². The summed E-state index contributed by atoms with van der Waals surface area (Å²) in [6, 6.07) is 5.49. The topological polar surface area (TPSA) is 47.3 Å². The van der Waals surface area contributed by atoms with Crippen LogP contribution >= 0.6 is 0 Å². The first-order valence-electron chi connectivity index (χ1n) is 6.01. The number of aromatic hydroxyl groups is 1. The zero-order valence-electron chi connectivity index (χ0n) is 11.2. The van der Waals surface area contributed by atoms with Crippen LogP contribution in [0.15, 0.2) is 18.2 Å². The Bertz CT molecular complexity index is 573. The van der Waals surface area contributed by atoms with Crippen LogP contribution in [-0.2, 0) is 7.05 Å². The van der Waals surface area contributed by atoms with Gasteiger partial charge in [-0.2, -0.15) is 5.10 Å². The van der Waals surface area contributed by atoms with Crippen molar-refractivity contribution < 1.29 is 9.84 Å². The molecule has 0 aliphatic heterocycles. The van der Waals surface area contributed by atoms with Crippen molar-refractivity contribution in [1.82, 2.24) is 9.78 Å². The predicted octanol–water partition coefficient (Wildman–Crippen LogP) is 2.81. The van der Waals surface area contributed by atoms with Crippen LogP contribution in [0.1, 0.15) is 18.1 Å². The minimum absolute atomic E-state index is 0.303. The first-order chi connectivity index (χ1) is 8.54. The number of aryl methyl sites for hydroxylation is 2. The Kier molecular flexibility index (Phi) is 3.28. The summed E-state index contributed by atoms with van der Waals surface area (Å²) in [7, 11) is 1.87. The van der Waals surface area contributed by atoms with Crippen LogP contribution in [0.25, 0.3) is 11.3 Å². The molecule has 0 saturated heterocycles. The predicted molar refractivity (Wildman–Crippen MR) is 71.0 cm³/mol. The fourth-order valence-corrected chi connectivity index (χ4v) is 2.03. The molecule has 96 valence electrons. The number of hydrogen-bond acceptors (Lipinski definition) is 3. The monoisotopic (exact) mass is 246 g/mol. The molecule has 0 aliphatic rings. The lowest BCUT2D eigenvalue weighted by atomic mass is 10.1. The fraction of sp³-hybridized carbons (Fsp3) is 0.357. The Labute approximate surface area is 107 Å². The molecule has 0 amide bonds. The maximum atomic E-state index is 9.55. The number of ether oxygens (including phenoxy) is 1. The van der Waals surface area contributed by atoms with Gasteiger partial charge in [0.05, 0.1) is 12.3 Å². The molecule has 0 fully saturated rings. The molecule has 0 saturated carbocycles. The van der Waals surface area contributed by atoms with Gasteiger partial charge in [0.2, 0.25) is 5.88 Å². The second-order valence-electron chi connectivity index (χ2n) is 4.34. The van der Waals surface area contributed by atoms with Gasteiger partial charge in [-0.15, -0.1) is 0 Å². The average Bonchev–Trinajstić information content (AvgIpc) is 2.61. The van der Waals surface area contributed by atoms with Gasteiger partial charge in [0.1, 0.15) is 5.75 Å². The maximum absolute atomic E-state index is 9.55. The highest BCUT2D eigenvalue weighted by molar-refractivity contribution is 5.66. The van der Waals surface area contributed by atoms with Crippen molar-refractivity contribution in [3.63, 3.8) is 0 Å². The van der Waals surface area contributed by atoms with Crippen LogP contribution in [-0.4, -0.2) is 21.5 Å². The van der Waals surface area contributed by atoms with Gasteiger partial charge in [0.25, 0.3) is 0 Å². The van der Waals surface area contributed by atoms with Crippen LogP contribution in [0.2, 0.25) is 0 Å². The van der Waals surface area contributed by atoms with E-state index in [0.717, 1.165) is 28.3 Å².